The Kier molecular flexibility index (Phi) is 2.58. The minimum Gasteiger partial charge on any atom is -0.282 e. The van der Waals surface area contributed by atoms with E-state index in [-0.39, 0.29) is 3.79 Å². The summed E-state index contributed by atoms with van der Waals surface area (Å²) in [5.41, 5.74) is 0.599. The number of carbonyl (C=O) groups is 1. The Balaban J connectivity index is 2.36. The van der Waals surface area contributed by atoms with Crippen LogP contribution in [-0.4, -0.2) is 18.6 Å². The minimum atomic E-state index is -0.0119. The van der Waals surface area contributed by atoms with Gasteiger partial charge in [-0.05, 0) is 18.2 Å². The lowest BCUT2D eigenvalue weighted by Gasteiger charge is -1.99. The summed E-state index contributed by atoms with van der Waals surface area (Å²) >= 11 is 1.73. The maximum absolute atomic E-state index is 11.0. The predicted molar refractivity (Wildman–Crippen MR) is 59.7 cm³/mol. The van der Waals surface area contributed by atoms with Gasteiger partial charge in [-0.3, -0.25) is 4.79 Å². The lowest BCUT2D eigenvalue weighted by atomic mass is 10.3. The van der Waals surface area contributed by atoms with E-state index in [2.05, 4.69) is 10.1 Å². The molecule has 0 aliphatic rings. The van der Waals surface area contributed by atoms with Crippen LogP contribution in [0.2, 0.25) is 0 Å². The molecule has 70 valence electrons. The Hall–Kier alpha value is -1.24. The molecule has 0 N–H and O–H groups in total. The molecule has 0 bridgehead atoms. The van der Waals surface area contributed by atoms with Crippen molar-refractivity contribution in [3.05, 3.63) is 42.4 Å². The molecule has 0 amide bonds. The van der Waals surface area contributed by atoms with E-state index in [0.29, 0.717) is 11.4 Å². The first-order valence-electron chi connectivity index (χ1n) is 3.93. The van der Waals surface area contributed by atoms with E-state index in [0.717, 1.165) is 0 Å². The van der Waals surface area contributed by atoms with E-state index in [1.54, 1.807) is 58.0 Å². The number of pyridine rings is 1. The Morgan fingerprint density at radius 3 is 2.79 bits per heavy atom. The van der Waals surface area contributed by atoms with Gasteiger partial charge in [-0.15, -0.1) is 0 Å². The molecule has 2 aromatic heterocycles. The average molecular weight is 299 g/mol. The SMILES string of the molecule is O=C(I)c1ccc(-n2cccn2)nc1. The second-order valence-corrected chi connectivity index (χ2v) is 3.61. The topological polar surface area (TPSA) is 47.8 Å². The molecule has 4 nitrogen and oxygen atoms in total. The zero-order valence-electron chi connectivity index (χ0n) is 7.09. The van der Waals surface area contributed by atoms with Crippen LogP contribution >= 0.6 is 22.6 Å². The summed E-state index contributed by atoms with van der Waals surface area (Å²) in [5.74, 6) is 0.705. The van der Waals surface area contributed by atoms with E-state index < -0.39 is 0 Å². The molecule has 2 rings (SSSR count). The summed E-state index contributed by atoms with van der Waals surface area (Å²) in [5, 5.41) is 4.03. The van der Waals surface area contributed by atoms with E-state index in [1.165, 1.54) is 0 Å². The fourth-order valence-corrected chi connectivity index (χ4v) is 1.36. The smallest absolute Gasteiger partial charge is 0.223 e. The third kappa shape index (κ3) is 1.82. The number of aromatic nitrogens is 3. The van der Waals surface area contributed by atoms with Crippen LogP contribution in [0.1, 0.15) is 10.4 Å². The normalized spacial score (nSPS) is 10.1. The third-order valence-corrected chi connectivity index (χ3v) is 2.34. The molecule has 0 unspecified atom stereocenters. The van der Waals surface area contributed by atoms with Crippen molar-refractivity contribution in [2.45, 2.75) is 0 Å². The van der Waals surface area contributed by atoms with Crippen LogP contribution in [0.25, 0.3) is 5.82 Å². The van der Waals surface area contributed by atoms with Gasteiger partial charge in [-0.25, -0.2) is 9.67 Å². The highest BCUT2D eigenvalue weighted by atomic mass is 127. The minimum absolute atomic E-state index is 0.0119. The molecular weight excluding hydrogens is 293 g/mol. The number of carbonyl (C=O) groups excluding carboxylic acids is 1. The molecule has 0 radical (unpaired) electrons. The number of halogens is 1. The molecule has 0 spiro atoms. The van der Waals surface area contributed by atoms with Crippen LogP contribution in [0.3, 0.4) is 0 Å². The van der Waals surface area contributed by atoms with Crippen molar-refractivity contribution in [2.75, 3.05) is 0 Å². The van der Waals surface area contributed by atoms with Crippen molar-refractivity contribution < 1.29 is 4.79 Å². The van der Waals surface area contributed by atoms with Crippen LogP contribution in [0.5, 0.6) is 0 Å². The first-order valence-corrected chi connectivity index (χ1v) is 5.01. The zero-order valence-corrected chi connectivity index (χ0v) is 9.25. The summed E-state index contributed by atoms with van der Waals surface area (Å²) in [6, 6.07) is 5.32. The van der Waals surface area contributed by atoms with Crippen LogP contribution in [0.4, 0.5) is 0 Å². The summed E-state index contributed by atoms with van der Waals surface area (Å²) in [7, 11) is 0. The highest BCUT2D eigenvalue weighted by molar-refractivity contribution is 14.1. The Morgan fingerprint density at radius 2 is 2.29 bits per heavy atom. The Bertz CT molecular complexity index is 436. The van der Waals surface area contributed by atoms with E-state index in [1.807, 2.05) is 6.07 Å². The third-order valence-electron chi connectivity index (χ3n) is 1.71. The highest BCUT2D eigenvalue weighted by Gasteiger charge is 2.02. The average Bonchev–Trinajstić information content (AvgIpc) is 2.71. The molecule has 0 saturated heterocycles. The van der Waals surface area contributed by atoms with E-state index >= 15 is 0 Å². The van der Waals surface area contributed by atoms with Gasteiger partial charge >= 0.3 is 0 Å². The second-order valence-electron chi connectivity index (χ2n) is 2.63. The molecular formula is C9H6IN3O. The van der Waals surface area contributed by atoms with Crippen molar-refractivity contribution in [3.63, 3.8) is 0 Å². The van der Waals surface area contributed by atoms with Crippen LogP contribution in [-0.2, 0) is 0 Å². The fraction of sp³-hybridized carbons (Fsp3) is 0. The van der Waals surface area contributed by atoms with Crippen LogP contribution < -0.4 is 0 Å². The summed E-state index contributed by atoms with van der Waals surface area (Å²) in [6.07, 6.45) is 5.03. The first kappa shape index (κ1) is 9.32. The van der Waals surface area contributed by atoms with Gasteiger partial charge in [0, 0.05) is 46.7 Å². The maximum atomic E-state index is 11.0. The largest absolute Gasteiger partial charge is 0.282 e. The molecule has 0 atom stereocenters. The molecule has 0 aliphatic heterocycles. The lowest BCUT2D eigenvalue weighted by Crippen LogP contribution is -1.98. The Morgan fingerprint density at radius 1 is 1.43 bits per heavy atom. The van der Waals surface area contributed by atoms with Crippen molar-refractivity contribution in [1.29, 1.82) is 0 Å². The molecule has 0 saturated carbocycles. The van der Waals surface area contributed by atoms with Gasteiger partial charge < -0.3 is 0 Å². The van der Waals surface area contributed by atoms with Crippen molar-refractivity contribution in [2.24, 2.45) is 0 Å². The standard InChI is InChI=1S/C9H6IN3O/c10-9(14)7-2-3-8(11-6-7)13-5-1-4-12-13/h1-6H. The first-order chi connectivity index (χ1) is 6.77. The van der Waals surface area contributed by atoms with Gasteiger partial charge in [-0.2, -0.15) is 5.10 Å². The van der Waals surface area contributed by atoms with Gasteiger partial charge in [0.15, 0.2) is 5.82 Å². The van der Waals surface area contributed by atoms with Gasteiger partial charge in [0.2, 0.25) is 3.79 Å². The summed E-state index contributed by atoms with van der Waals surface area (Å²) in [4.78, 5) is 15.1. The zero-order chi connectivity index (χ0) is 9.97. The molecule has 2 heterocycles. The molecule has 14 heavy (non-hydrogen) atoms. The monoisotopic (exact) mass is 299 g/mol. The van der Waals surface area contributed by atoms with Crippen LogP contribution in [0, 0.1) is 0 Å². The number of hydrogen-bond donors (Lipinski definition) is 0. The van der Waals surface area contributed by atoms with Crippen molar-refractivity contribution >= 4 is 26.4 Å². The van der Waals surface area contributed by atoms with E-state index in [4.69, 9.17) is 0 Å². The van der Waals surface area contributed by atoms with Gasteiger partial charge in [-0.1, -0.05) is 0 Å². The lowest BCUT2D eigenvalue weighted by molar-refractivity contribution is 0.110. The summed E-state index contributed by atoms with van der Waals surface area (Å²) in [6.45, 7) is 0. The number of rotatable bonds is 2. The highest BCUT2D eigenvalue weighted by Crippen LogP contribution is 2.07. The quantitative estimate of drug-likeness (QED) is 0.628. The van der Waals surface area contributed by atoms with Gasteiger partial charge in [0.25, 0.3) is 0 Å². The van der Waals surface area contributed by atoms with Gasteiger partial charge in [0.1, 0.15) is 0 Å². The van der Waals surface area contributed by atoms with E-state index in [9.17, 15) is 4.79 Å². The molecule has 0 fully saturated rings. The second kappa shape index (κ2) is 3.87. The Labute approximate surface area is 94.1 Å². The number of nitrogens with zero attached hydrogens (tertiary/aromatic N) is 3. The molecule has 0 aliphatic carbocycles. The maximum Gasteiger partial charge on any atom is 0.223 e. The van der Waals surface area contributed by atoms with Crippen molar-refractivity contribution in [3.8, 4) is 5.82 Å². The van der Waals surface area contributed by atoms with Crippen LogP contribution in [0.15, 0.2) is 36.8 Å². The molecule has 0 aromatic carbocycles. The van der Waals surface area contributed by atoms with Gasteiger partial charge in [0.05, 0.1) is 0 Å². The fourth-order valence-electron chi connectivity index (χ4n) is 1.04. The number of hydrogen-bond acceptors (Lipinski definition) is 3. The van der Waals surface area contributed by atoms with Crippen molar-refractivity contribution in [1.82, 2.24) is 14.8 Å². The summed E-state index contributed by atoms with van der Waals surface area (Å²) < 4.78 is 1.63. The predicted octanol–water partition coefficient (Wildman–Crippen LogP) is 1.84. The molecule has 2 aromatic rings. The molecule has 5 heteroatoms.